The highest BCUT2D eigenvalue weighted by atomic mass is 16.1. The van der Waals surface area contributed by atoms with Gasteiger partial charge in [0.15, 0.2) is 0 Å². The summed E-state index contributed by atoms with van der Waals surface area (Å²) in [5, 5.41) is 2.95. The molecule has 0 fully saturated rings. The molecule has 7 nitrogen and oxygen atoms in total. The van der Waals surface area contributed by atoms with Gasteiger partial charge in [0.2, 0.25) is 11.5 Å². The first-order valence-corrected chi connectivity index (χ1v) is 9.40. The molecule has 0 saturated carbocycles. The van der Waals surface area contributed by atoms with Crippen molar-refractivity contribution in [3.8, 4) is 0 Å². The van der Waals surface area contributed by atoms with Gasteiger partial charge in [-0.2, -0.15) is 0 Å². The number of aryl methyl sites for hydroxylation is 3. The van der Waals surface area contributed by atoms with Gasteiger partial charge >= 0.3 is 0 Å². The van der Waals surface area contributed by atoms with Crippen LogP contribution in [0.5, 0.6) is 0 Å². The Morgan fingerprint density at radius 2 is 1.97 bits per heavy atom. The zero-order valence-corrected chi connectivity index (χ0v) is 16.3. The molecular formula is C22H22N5O2+. The van der Waals surface area contributed by atoms with Crippen molar-refractivity contribution in [1.82, 2.24) is 14.7 Å². The Hall–Kier alpha value is -3.74. The fraction of sp³-hybridized carbons (Fsp3) is 0.182. The summed E-state index contributed by atoms with van der Waals surface area (Å²) in [6.45, 7) is 2.40. The smallest absolute Gasteiger partial charge is 0.278 e. The lowest BCUT2D eigenvalue weighted by molar-refractivity contribution is -0.658. The summed E-state index contributed by atoms with van der Waals surface area (Å²) in [6, 6.07) is 15.2. The number of benzene rings is 1. The van der Waals surface area contributed by atoms with Crippen LogP contribution in [0, 0.1) is 6.92 Å². The minimum absolute atomic E-state index is 0.229. The number of carbonyl (C=O) groups is 1. The number of nitrogens with zero attached hydrogens (tertiary/aromatic N) is 3. The summed E-state index contributed by atoms with van der Waals surface area (Å²) in [5.41, 5.74) is 9.48. The number of hydrogen-bond acceptors (Lipinski definition) is 4. The molecule has 0 bridgehead atoms. The first kappa shape index (κ1) is 18.6. The lowest BCUT2D eigenvalue weighted by atomic mass is 10.1. The van der Waals surface area contributed by atoms with Gasteiger partial charge in [-0.1, -0.05) is 41.4 Å². The molecule has 4 rings (SSSR count). The molecule has 146 valence electrons. The van der Waals surface area contributed by atoms with Crippen molar-refractivity contribution in [1.29, 1.82) is 0 Å². The molecule has 4 aromatic rings. The van der Waals surface area contributed by atoms with E-state index in [1.165, 1.54) is 17.5 Å². The van der Waals surface area contributed by atoms with E-state index in [1.54, 1.807) is 16.8 Å². The number of fused-ring (bicyclic) bond motifs is 2. The van der Waals surface area contributed by atoms with Gasteiger partial charge in [-0.25, -0.2) is 4.57 Å². The summed E-state index contributed by atoms with van der Waals surface area (Å²) in [4.78, 5) is 30.3. The Balaban J connectivity index is 1.98. The zero-order chi connectivity index (χ0) is 20.5. The highest BCUT2D eigenvalue weighted by Crippen LogP contribution is 2.15. The third kappa shape index (κ3) is 3.31. The van der Waals surface area contributed by atoms with Crippen molar-refractivity contribution >= 4 is 28.4 Å². The molecule has 0 aliphatic carbocycles. The largest absolute Gasteiger partial charge is 0.355 e. The van der Waals surface area contributed by atoms with Crippen molar-refractivity contribution in [3.63, 3.8) is 0 Å². The van der Waals surface area contributed by atoms with Crippen LogP contribution in [-0.4, -0.2) is 22.3 Å². The fourth-order valence-corrected chi connectivity index (χ4v) is 3.49. The van der Waals surface area contributed by atoms with Gasteiger partial charge in [0.25, 0.3) is 17.1 Å². The van der Waals surface area contributed by atoms with Crippen molar-refractivity contribution in [3.05, 3.63) is 81.8 Å². The average Bonchev–Trinajstić information content (AvgIpc) is 2.74. The SMILES string of the molecule is CNC(=O)c1cc2c(=O)n3cc(C)ccc3nc2[n+](CCc2ccccc2)c1N. The van der Waals surface area contributed by atoms with E-state index in [4.69, 9.17) is 10.7 Å². The Morgan fingerprint density at radius 1 is 1.21 bits per heavy atom. The molecule has 3 aromatic heterocycles. The number of pyridine rings is 2. The van der Waals surface area contributed by atoms with Gasteiger partial charge in [-0.15, -0.1) is 0 Å². The molecule has 29 heavy (non-hydrogen) atoms. The van der Waals surface area contributed by atoms with Gasteiger partial charge in [0.05, 0.1) is 6.54 Å². The number of carbonyl (C=O) groups excluding carboxylic acids is 1. The van der Waals surface area contributed by atoms with Crippen LogP contribution in [0.25, 0.3) is 16.7 Å². The monoisotopic (exact) mass is 388 g/mol. The maximum absolute atomic E-state index is 13.2. The Labute approximate surface area is 167 Å². The summed E-state index contributed by atoms with van der Waals surface area (Å²) < 4.78 is 3.26. The average molecular weight is 388 g/mol. The van der Waals surface area contributed by atoms with E-state index in [2.05, 4.69) is 5.32 Å². The standard InChI is InChI=1S/C22H21N5O2/c1-14-8-9-18-25-20-17(22(29)27(18)13-14)12-16(21(28)24-2)19(23)26(20)11-10-15-6-4-3-5-7-15/h3-9,12-13,23H,10-11H2,1-2H3,(H,24,28)/p+1. The minimum Gasteiger partial charge on any atom is -0.355 e. The van der Waals surface area contributed by atoms with Gasteiger partial charge in [0, 0.05) is 19.7 Å². The first-order valence-electron chi connectivity index (χ1n) is 9.40. The van der Waals surface area contributed by atoms with Crippen LogP contribution < -0.4 is 21.2 Å². The topological polar surface area (TPSA) is 93.4 Å². The molecular weight excluding hydrogens is 366 g/mol. The van der Waals surface area contributed by atoms with E-state index < -0.39 is 0 Å². The maximum Gasteiger partial charge on any atom is 0.278 e. The normalized spacial score (nSPS) is 11.1. The lowest BCUT2D eigenvalue weighted by Gasteiger charge is -2.12. The van der Waals surface area contributed by atoms with E-state index in [0.717, 1.165) is 11.1 Å². The molecule has 1 amide bonds. The molecule has 3 N–H and O–H groups in total. The predicted molar refractivity (Wildman–Crippen MR) is 112 cm³/mol. The summed E-state index contributed by atoms with van der Waals surface area (Å²) in [5.74, 6) is -0.0530. The molecule has 1 aromatic carbocycles. The molecule has 0 unspecified atom stereocenters. The first-order chi connectivity index (χ1) is 14.0. The quantitative estimate of drug-likeness (QED) is 0.410. The second kappa shape index (κ2) is 7.35. The zero-order valence-electron chi connectivity index (χ0n) is 16.3. The maximum atomic E-state index is 13.2. The lowest BCUT2D eigenvalue weighted by Crippen LogP contribution is -2.43. The number of anilines is 1. The molecule has 0 atom stereocenters. The summed E-state index contributed by atoms with van der Waals surface area (Å²) in [7, 11) is 1.54. The van der Waals surface area contributed by atoms with Crippen molar-refractivity contribution < 1.29 is 9.36 Å². The number of amides is 1. The number of aromatic nitrogens is 3. The third-order valence-corrected chi connectivity index (χ3v) is 5.04. The van der Waals surface area contributed by atoms with Gasteiger partial charge in [0.1, 0.15) is 10.9 Å². The van der Waals surface area contributed by atoms with Crippen molar-refractivity contribution in [2.45, 2.75) is 19.9 Å². The van der Waals surface area contributed by atoms with E-state index >= 15 is 0 Å². The van der Waals surface area contributed by atoms with Crippen LogP contribution in [0.4, 0.5) is 5.82 Å². The molecule has 7 heteroatoms. The Kier molecular flexibility index (Phi) is 4.72. The van der Waals surface area contributed by atoms with Crippen LogP contribution in [0.2, 0.25) is 0 Å². The number of nitrogens with one attached hydrogen (secondary N) is 1. The fourth-order valence-electron chi connectivity index (χ4n) is 3.49. The van der Waals surface area contributed by atoms with E-state index in [9.17, 15) is 9.59 Å². The van der Waals surface area contributed by atoms with E-state index in [-0.39, 0.29) is 22.8 Å². The van der Waals surface area contributed by atoms with Crippen LogP contribution in [-0.2, 0) is 13.0 Å². The van der Waals surface area contributed by atoms with Crippen molar-refractivity contribution in [2.75, 3.05) is 12.8 Å². The van der Waals surface area contributed by atoms with Crippen LogP contribution in [0.3, 0.4) is 0 Å². The Morgan fingerprint density at radius 3 is 2.69 bits per heavy atom. The molecule has 3 heterocycles. The number of nitrogens with two attached hydrogens (primary N) is 1. The van der Waals surface area contributed by atoms with E-state index in [0.29, 0.717) is 29.6 Å². The molecule has 0 aliphatic heterocycles. The predicted octanol–water partition coefficient (Wildman–Crippen LogP) is 1.63. The van der Waals surface area contributed by atoms with Gasteiger partial charge in [-0.3, -0.25) is 14.0 Å². The van der Waals surface area contributed by atoms with Gasteiger partial charge < -0.3 is 11.1 Å². The third-order valence-electron chi connectivity index (χ3n) is 5.04. The van der Waals surface area contributed by atoms with Crippen LogP contribution in [0.1, 0.15) is 21.5 Å². The summed E-state index contributed by atoms with van der Waals surface area (Å²) >= 11 is 0. The highest BCUT2D eigenvalue weighted by Gasteiger charge is 2.23. The molecule has 0 radical (unpaired) electrons. The van der Waals surface area contributed by atoms with Gasteiger partial charge in [-0.05, 0) is 30.2 Å². The molecule has 0 saturated heterocycles. The van der Waals surface area contributed by atoms with Crippen LogP contribution >= 0.6 is 0 Å². The number of rotatable bonds is 4. The molecule has 0 aliphatic rings. The van der Waals surface area contributed by atoms with Crippen LogP contribution in [0.15, 0.2) is 59.5 Å². The minimum atomic E-state index is -0.341. The highest BCUT2D eigenvalue weighted by molar-refractivity contribution is 6.00. The summed E-state index contributed by atoms with van der Waals surface area (Å²) in [6.07, 6.45) is 2.44. The van der Waals surface area contributed by atoms with Crippen molar-refractivity contribution in [2.24, 2.45) is 0 Å². The second-order valence-corrected chi connectivity index (χ2v) is 7.00. The number of hydrogen-bond donors (Lipinski definition) is 2. The number of nitrogen functional groups attached to an aromatic ring is 1. The second-order valence-electron chi connectivity index (χ2n) is 7.00. The Bertz CT molecular complexity index is 1300. The molecule has 0 spiro atoms. The van der Waals surface area contributed by atoms with E-state index in [1.807, 2.05) is 43.3 Å².